The quantitative estimate of drug-likeness (QED) is 0.654. The molecule has 0 unspecified atom stereocenters. The number of nitrogens with one attached hydrogen (secondary N) is 2. The van der Waals surface area contributed by atoms with Crippen molar-refractivity contribution in [3.63, 3.8) is 0 Å². The number of nitrogens with two attached hydrogens (primary N) is 1. The molecule has 2 aromatic rings. The number of aromatic amines is 2. The smallest absolute Gasteiger partial charge is 0.323 e. The molecule has 0 radical (unpaired) electrons. The van der Waals surface area contributed by atoms with Crippen molar-refractivity contribution in [2.24, 2.45) is 5.73 Å². The van der Waals surface area contributed by atoms with Crippen LogP contribution >= 0.6 is 0 Å². The molecular formula is C10H11N3O. The average molecular weight is 189 g/mol. The van der Waals surface area contributed by atoms with Crippen LogP contribution in [-0.2, 0) is 0 Å². The first-order valence-corrected chi connectivity index (χ1v) is 4.38. The molecule has 0 aliphatic carbocycles. The number of aromatic nitrogens is 2. The van der Waals surface area contributed by atoms with E-state index in [1.807, 2.05) is 30.4 Å². The highest BCUT2D eigenvalue weighted by Crippen LogP contribution is 2.10. The van der Waals surface area contributed by atoms with Gasteiger partial charge in [-0.1, -0.05) is 18.2 Å². The Balaban J connectivity index is 2.50. The highest BCUT2D eigenvalue weighted by molar-refractivity contribution is 5.77. The molecule has 0 bridgehead atoms. The molecule has 0 saturated heterocycles. The van der Waals surface area contributed by atoms with Crippen LogP contribution in [0.5, 0.6) is 0 Å². The summed E-state index contributed by atoms with van der Waals surface area (Å²) in [6.07, 6.45) is 3.79. The van der Waals surface area contributed by atoms with Gasteiger partial charge in [-0.05, 0) is 17.7 Å². The summed E-state index contributed by atoms with van der Waals surface area (Å²) in [6, 6.07) is 5.70. The lowest BCUT2D eigenvalue weighted by Gasteiger charge is -1.92. The number of hydrogen-bond donors (Lipinski definition) is 3. The molecule has 0 fully saturated rings. The van der Waals surface area contributed by atoms with Gasteiger partial charge in [-0.15, -0.1) is 0 Å². The number of rotatable bonds is 2. The predicted molar refractivity (Wildman–Crippen MR) is 57.0 cm³/mol. The zero-order valence-electron chi connectivity index (χ0n) is 7.58. The van der Waals surface area contributed by atoms with Crippen molar-refractivity contribution in [1.82, 2.24) is 9.97 Å². The van der Waals surface area contributed by atoms with Gasteiger partial charge in [-0.25, -0.2) is 4.79 Å². The topological polar surface area (TPSA) is 74.7 Å². The van der Waals surface area contributed by atoms with Gasteiger partial charge in [0.1, 0.15) is 0 Å². The van der Waals surface area contributed by atoms with Gasteiger partial charge in [0.05, 0.1) is 11.0 Å². The van der Waals surface area contributed by atoms with Crippen LogP contribution in [0.1, 0.15) is 5.56 Å². The molecule has 1 aromatic heterocycles. The maximum absolute atomic E-state index is 11.0. The van der Waals surface area contributed by atoms with Gasteiger partial charge in [0.25, 0.3) is 0 Å². The fraction of sp³-hybridized carbons (Fsp3) is 0.100. The summed E-state index contributed by atoms with van der Waals surface area (Å²) in [5.41, 5.74) is 7.82. The maximum Gasteiger partial charge on any atom is 0.323 e. The number of H-pyrrole nitrogens is 2. The third kappa shape index (κ3) is 1.60. The van der Waals surface area contributed by atoms with E-state index < -0.39 is 0 Å². The van der Waals surface area contributed by atoms with E-state index >= 15 is 0 Å². The Hall–Kier alpha value is -1.81. The van der Waals surface area contributed by atoms with Crippen LogP contribution in [0.3, 0.4) is 0 Å². The Morgan fingerprint density at radius 3 is 2.86 bits per heavy atom. The van der Waals surface area contributed by atoms with Crippen molar-refractivity contribution in [2.75, 3.05) is 6.54 Å². The predicted octanol–water partition coefficient (Wildman–Crippen LogP) is 0.828. The first kappa shape index (κ1) is 8.77. The Morgan fingerprint density at radius 1 is 1.29 bits per heavy atom. The van der Waals surface area contributed by atoms with E-state index in [-0.39, 0.29) is 5.69 Å². The van der Waals surface area contributed by atoms with E-state index in [4.69, 9.17) is 5.73 Å². The molecule has 4 nitrogen and oxygen atoms in total. The van der Waals surface area contributed by atoms with E-state index in [1.165, 1.54) is 0 Å². The van der Waals surface area contributed by atoms with E-state index in [0.29, 0.717) is 6.54 Å². The highest BCUT2D eigenvalue weighted by atomic mass is 16.1. The minimum absolute atomic E-state index is 0.181. The monoisotopic (exact) mass is 189 g/mol. The van der Waals surface area contributed by atoms with Gasteiger partial charge in [-0.3, -0.25) is 0 Å². The number of hydrogen-bond acceptors (Lipinski definition) is 2. The summed E-state index contributed by atoms with van der Waals surface area (Å²) in [5.74, 6) is 0. The molecule has 4 N–H and O–H groups in total. The summed E-state index contributed by atoms with van der Waals surface area (Å²) in [4.78, 5) is 16.3. The lowest BCUT2D eigenvalue weighted by molar-refractivity contribution is 1.21. The molecule has 4 heteroatoms. The third-order valence-electron chi connectivity index (χ3n) is 1.99. The van der Waals surface area contributed by atoms with E-state index in [1.54, 1.807) is 0 Å². The second-order valence-electron chi connectivity index (χ2n) is 3.02. The fourth-order valence-corrected chi connectivity index (χ4v) is 1.36. The average Bonchev–Trinajstić information content (AvgIpc) is 2.54. The van der Waals surface area contributed by atoms with Crippen molar-refractivity contribution in [2.45, 2.75) is 0 Å². The van der Waals surface area contributed by atoms with Crippen molar-refractivity contribution in [1.29, 1.82) is 0 Å². The second-order valence-corrected chi connectivity index (χ2v) is 3.02. The molecular weight excluding hydrogens is 178 g/mol. The van der Waals surface area contributed by atoms with Crippen LogP contribution in [-0.4, -0.2) is 16.5 Å². The van der Waals surface area contributed by atoms with Crippen LogP contribution < -0.4 is 11.4 Å². The van der Waals surface area contributed by atoms with Crippen LogP contribution in [0, 0.1) is 0 Å². The van der Waals surface area contributed by atoms with Crippen molar-refractivity contribution < 1.29 is 0 Å². The maximum atomic E-state index is 11.0. The highest BCUT2D eigenvalue weighted by Gasteiger charge is 1.96. The summed E-state index contributed by atoms with van der Waals surface area (Å²) in [7, 11) is 0. The molecule has 2 rings (SSSR count). The van der Waals surface area contributed by atoms with E-state index in [2.05, 4.69) is 9.97 Å². The SMILES string of the molecule is NC/C=C/c1ccc2[nH]c(=O)[nH]c2c1. The molecule has 0 atom stereocenters. The Kier molecular flexibility index (Phi) is 2.20. The first-order valence-electron chi connectivity index (χ1n) is 4.38. The van der Waals surface area contributed by atoms with Gasteiger partial charge in [0.2, 0.25) is 0 Å². The normalized spacial score (nSPS) is 11.5. The standard InChI is InChI=1S/C10H11N3O/c11-5-1-2-7-3-4-8-9(6-7)13-10(14)12-8/h1-4,6H,5,11H2,(H2,12,13,14)/b2-1+. The molecule has 72 valence electrons. The molecule has 0 amide bonds. The zero-order chi connectivity index (χ0) is 9.97. The van der Waals surface area contributed by atoms with Crippen LogP contribution in [0.2, 0.25) is 0 Å². The molecule has 1 aromatic carbocycles. The van der Waals surface area contributed by atoms with Crippen LogP contribution in [0.15, 0.2) is 29.1 Å². The minimum atomic E-state index is -0.181. The Bertz CT molecular complexity index is 521. The summed E-state index contributed by atoms with van der Waals surface area (Å²) in [5, 5.41) is 0. The van der Waals surface area contributed by atoms with E-state index in [0.717, 1.165) is 16.6 Å². The van der Waals surface area contributed by atoms with Crippen LogP contribution in [0.25, 0.3) is 17.1 Å². The molecule has 0 spiro atoms. The molecule has 0 aliphatic rings. The third-order valence-corrected chi connectivity index (χ3v) is 1.99. The van der Waals surface area contributed by atoms with Crippen molar-refractivity contribution in [3.8, 4) is 0 Å². The largest absolute Gasteiger partial charge is 0.327 e. The summed E-state index contributed by atoms with van der Waals surface area (Å²) in [6.45, 7) is 0.516. The van der Waals surface area contributed by atoms with Gasteiger partial charge >= 0.3 is 5.69 Å². The molecule has 14 heavy (non-hydrogen) atoms. The van der Waals surface area contributed by atoms with Gasteiger partial charge in [0, 0.05) is 6.54 Å². The van der Waals surface area contributed by atoms with Gasteiger partial charge < -0.3 is 15.7 Å². The number of benzene rings is 1. The molecule has 0 saturated carbocycles. The second kappa shape index (κ2) is 3.51. The first-order chi connectivity index (χ1) is 6.79. The lowest BCUT2D eigenvalue weighted by Crippen LogP contribution is -1.99. The van der Waals surface area contributed by atoms with Crippen LogP contribution in [0.4, 0.5) is 0 Å². The fourth-order valence-electron chi connectivity index (χ4n) is 1.36. The van der Waals surface area contributed by atoms with E-state index in [9.17, 15) is 4.79 Å². The summed E-state index contributed by atoms with van der Waals surface area (Å²) >= 11 is 0. The number of imidazole rings is 1. The number of fused-ring (bicyclic) bond motifs is 1. The van der Waals surface area contributed by atoms with Crippen molar-refractivity contribution >= 4 is 17.1 Å². The minimum Gasteiger partial charge on any atom is -0.327 e. The Labute approximate surface area is 80.4 Å². The molecule has 0 aliphatic heterocycles. The Morgan fingerprint density at radius 2 is 2.07 bits per heavy atom. The lowest BCUT2D eigenvalue weighted by atomic mass is 10.2. The van der Waals surface area contributed by atoms with Gasteiger partial charge in [0.15, 0.2) is 0 Å². The zero-order valence-corrected chi connectivity index (χ0v) is 7.58. The van der Waals surface area contributed by atoms with Crippen molar-refractivity contribution in [3.05, 3.63) is 40.3 Å². The van der Waals surface area contributed by atoms with Gasteiger partial charge in [-0.2, -0.15) is 0 Å². The summed E-state index contributed by atoms with van der Waals surface area (Å²) < 4.78 is 0. The molecule has 1 heterocycles.